The number of rotatable bonds is 5. The third-order valence-electron chi connectivity index (χ3n) is 3.20. The van der Waals surface area contributed by atoms with Crippen LogP contribution in [-0.2, 0) is 4.74 Å². The fourth-order valence-corrected chi connectivity index (χ4v) is 2.27. The molecule has 2 rings (SSSR count). The van der Waals surface area contributed by atoms with Crippen LogP contribution in [0.5, 0.6) is 0 Å². The van der Waals surface area contributed by atoms with Gasteiger partial charge in [0.2, 0.25) is 0 Å². The van der Waals surface area contributed by atoms with E-state index < -0.39 is 6.10 Å². The summed E-state index contributed by atoms with van der Waals surface area (Å²) in [5, 5.41) is 13.9. The molecular weight excluding hydrogens is 272 g/mol. The minimum absolute atomic E-state index is 0.183. The lowest BCUT2D eigenvalue weighted by Crippen LogP contribution is -2.36. The Morgan fingerprint density at radius 2 is 2.24 bits per heavy atom. The average Bonchev–Trinajstić information content (AvgIpc) is 2.81. The number of likely N-dealkylation sites (N-methyl/N-ethyl adjacent to an activating group) is 1. The molecule has 1 atom stereocenters. The minimum Gasteiger partial charge on any atom is -0.389 e. The highest BCUT2D eigenvalue weighted by molar-refractivity contribution is 5.99. The van der Waals surface area contributed by atoms with Gasteiger partial charge in [0.1, 0.15) is 5.56 Å². The molecule has 7 heteroatoms. The Morgan fingerprint density at radius 3 is 2.90 bits per heavy atom. The summed E-state index contributed by atoms with van der Waals surface area (Å²) < 4.78 is 6.50. The normalized spacial score (nSPS) is 12.6. The van der Waals surface area contributed by atoms with E-state index >= 15 is 0 Å². The van der Waals surface area contributed by atoms with Crippen LogP contribution < -0.4 is 0 Å². The predicted molar refractivity (Wildman–Crippen MR) is 77.3 cm³/mol. The largest absolute Gasteiger partial charge is 0.389 e. The second-order valence-corrected chi connectivity index (χ2v) is 5.13. The lowest BCUT2D eigenvalue weighted by Gasteiger charge is -2.19. The van der Waals surface area contributed by atoms with E-state index in [1.807, 2.05) is 19.9 Å². The van der Waals surface area contributed by atoms with Gasteiger partial charge in [-0.25, -0.2) is 9.50 Å². The van der Waals surface area contributed by atoms with Crippen LogP contribution in [0.4, 0.5) is 0 Å². The minimum atomic E-state index is -0.720. The van der Waals surface area contributed by atoms with Crippen molar-refractivity contribution in [2.24, 2.45) is 0 Å². The van der Waals surface area contributed by atoms with Crippen LogP contribution in [0, 0.1) is 13.8 Å². The van der Waals surface area contributed by atoms with E-state index in [-0.39, 0.29) is 19.1 Å². The number of carbonyl (C=O) groups is 1. The Bertz CT molecular complexity index is 653. The summed E-state index contributed by atoms with van der Waals surface area (Å²) in [4.78, 5) is 18.3. The molecule has 0 bridgehead atoms. The summed E-state index contributed by atoms with van der Waals surface area (Å²) in [6.45, 7) is 4.16. The fraction of sp³-hybridized carbons (Fsp3) is 0.500. The Morgan fingerprint density at radius 1 is 1.52 bits per heavy atom. The molecule has 21 heavy (non-hydrogen) atoms. The number of carbonyl (C=O) groups excluding carboxylic acids is 1. The third kappa shape index (κ3) is 3.20. The van der Waals surface area contributed by atoms with E-state index in [9.17, 15) is 9.90 Å². The van der Waals surface area contributed by atoms with Crippen LogP contribution >= 0.6 is 0 Å². The van der Waals surface area contributed by atoms with Gasteiger partial charge in [-0.1, -0.05) is 0 Å². The summed E-state index contributed by atoms with van der Waals surface area (Å²) in [5.41, 5.74) is 2.70. The maximum Gasteiger partial charge on any atom is 0.259 e. The van der Waals surface area contributed by atoms with Gasteiger partial charge in [0.25, 0.3) is 5.91 Å². The second kappa shape index (κ2) is 6.19. The van der Waals surface area contributed by atoms with Crippen LogP contribution in [0.1, 0.15) is 21.7 Å². The molecule has 2 aromatic heterocycles. The molecule has 1 N–H and O–H groups in total. The van der Waals surface area contributed by atoms with Crippen molar-refractivity contribution < 1.29 is 14.6 Å². The number of ether oxygens (including phenoxy) is 1. The lowest BCUT2D eigenvalue weighted by molar-refractivity contribution is 0.0381. The van der Waals surface area contributed by atoms with Crippen LogP contribution in [0.3, 0.4) is 0 Å². The quantitative estimate of drug-likeness (QED) is 0.864. The van der Waals surface area contributed by atoms with E-state index in [1.54, 1.807) is 11.6 Å². The Kier molecular flexibility index (Phi) is 4.54. The second-order valence-electron chi connectivity index (χ2n) is 5.13. The molecule has 114 valence electrons. The summed E-state index contributed by atoms with van der Waals surface area (Å²) in [6.07, 6.45) is 0.790. The molecule has 0 saturated heterocycles. The molecule has 0 saturated carbocycles. The van der Waals surface area contributed by atoms with Crippen molar-refractivity contribution in [2.75, 3.05) is 27.3 Å². The Labute approximate surface area is 123 Å². The molecule has 1 unspecified atom stereocenters. The number of fused-ring (bicyclic) bond motifs is 1. The number of hydrogen-bond acceptors (Lipinski definition) is 5. The molecule has 0 aliphatic heterocycles. The van der Waals surface area contributed by atoms with Crippen molar-refractivity contribution in [3.8, 4) is 0 Å². The number of hydrogen-bond donors (Lipinski definition) is 1. The zero-order valence-electron chi connectivity index (χ0n) is 12.7. The number of aliphatic hydroxyl groups excluding tert-OH is 1. The molecule has 0 radical (unpaired) electrons. The Hall–Kier alpha value is -1.99. The van der Waals surface area contributed by atoms with E-state index in [0.29, 0.717) is 11.2 Å². The number of amides is 1. The van der Waals surface area contributed by atoms with E-state index in [0.717, 1.165) is 11.4 Å². The van der Waals surface area contributed by atoms with Gasteiger partial charge >= 0.3 is 0 Å². The van der Waals surface area contributed by atoms with Crippen molar-refractivity contribution >= 4 is 11.6 Å². The summed E-state index contributed by atoms with van der Waals surface area (Å²) >= 11 is 0. The first-order valence-corrected chi connectivity index (χ1v) is 6.68. The van der Waals surface area contributed by atoms with Crippen molar-refractivity contribution in [2.45, 2.75) is 20.0 Å². The molecule has 7 nitrogen and oxygen atoms in total. The van der Waals surface area contributed by atoms with Crippen molar-refractivity contribution in [3.63, 3.8) is 0 Å². The summed E-state index contributed by atoms with van der Waals surface area (Å²) in [5.74, 6) is -0.224. The van der Waals surface area contributed by atoms with Gasteiger partial charge in [-0.15, -0.1) is 0 Å². The summed E-state index contributed by atoms with van der Waals surface area (Å²) in [7, 11) is 3.14. The van der Waals surface area contributed by atoms with Gasteiger partial charge in [-0.05, 0) is 19.9 Å². The van der Waals surface area contributed by atoms with Gasteiger partial charge in [-0.2, -0.15) is 5.10 Å². The van der Waals surface area contributed by atoms with Crippen LogP contribution in [0.25, 0.3) is 5.65 Å². The Balaban J connectivity index is 2.27. The highest BCUT2D eigenvalue weighted by Gasteiger charge is 2.20. The van der Waals surface area contributed by atoms with E-state index in [4.69, 9.17) is 4.74 Å². The standard InChI is InChI=1S/C14H20N4O3/c1-9-5-10(2)18-13(16-9)12(6-15-18)14(20)17(3)7-11(19)8-21-4/h5-6,11,19H,7-8H2,1-4H3. The zero-order valence-corrected chi connectivity index (χ0v) is 12.7. The highest BCUT2D eigenvalue weighted by atomic mass is 16.5. The third-order valence-corrected chi connectivity index (χ3v) is 3.20. The molecular formula is C14H20N4O3. The number of aromatic nitrogens is 3. The molecule has 0 aromatic carbocycles. The van der Waals surface area contributed by atoms with Crippen LogP contribution in [0.2, 0.25) is 0 Å². The first-order valence-electron chi connectivity index (χ1n) is 6.68. The topological polar surface area (TPSA) is 80.0 Å². The van der Waals surface area contributed by atoms with Gasteiger partial charge in [0.05, 0.1) is 18.9 Å². The average molecular weight is 292 g/mol. The van der Waals surface area contributed by atoms with E-state index in [1.165, 1.54) is 18.2 Å². The highest BCUT2D eigenvalue weighted by Crippen LogP contribution is 2.13. The molecule has 0 spiro atoms. The maximum atomic E-state index is 12.5. The van der Waals surface area contributed by atoms with Gasteiger partial charge in [0, 0.05) is 32.1 Å². The molecule has 0 fully saturated rings. The number of nitrogens with zero attached hydrogens (tertiary/aromatic N) is 4. The van der Waals surface area contributed by atoms with Crippen molar-refractivity contribution in [1.82, 2.24) is 19.5 Å². The monoisotopic (exact) mass is 292 g/mol. The summed E-state index contributed by atoms with van der Waals surface area (Å²) in [6, 6.07) is 1.90. The first-order chi connectivity index (χ1) is 9.93. The molecule has 0 aliphatic rings. The van der Waals surface area contributed by atoms with Crippen molar-refractivity contribution in [3.05, 3.63) is 29.2 Å². The van der Waals surface area contributed by atoms with Crippen molar-refractivity contribution in [1.29, 1.82) is 0 Å². The number of aliphatic hydroxyl groups is 1. The van der Waals surface area contributed by atoms with Gasteiger partial charge in [0.15, 0.2) is 5.65 Å². The van der Waals surface area contributed by atoms with Crippen LogP contribution in [0.15, 0.2) is 12.3 Å². The SMILES string of the molecule is COCC(O)CN(C)C(=O)c1cnn2c(C)cc(C)nc12. The van der Waals surface area contributed by atoms with Gasteiger partial charge < -0.3 is 14.7 Å². The number of aryl methyl sites for hydroxylation is 2. The maximum absolute atomic E-state index is 12.5. The zero-order chi connectivity index (χ0) is 15.6. The van der Waals surface area contributed by atoms with E-state index in [2.05, 4.69) is 10.1 Å². The smallest absolute Gasteiger partial charge is 0.259 e. The number of methoxy groups -OCH3 is 1. The molecule has 1 amide bonds. The first kappa shape index (κ1) is 15.4. The predicted octanol–water partition coefficient (Wildman–Crippen LogP) is 0.425. The van der Waals surface area contributed by atoms with Gasteiger partial charge in [-0.3, -0.25) is 4.79 Å². The lowest BCUT2D eigenvalue weighted by atomic mass is 10.2. The molecule has 2 aromatic rings. The molecule has 0 aliphatic carbocycles. The fourth-order valence-electron chi connectivity index (χ4n) is 2.27. The van der Waals surface area contributed by atoms with Crippen LogP contribution in [-0.4, -0.2) is 63.9 Å². The molecule has 2 heterocycles.